The Bertz CT molecular complexity index is 822. The van der Waals surface area contributed by atoms with E-state index >= 15 is 0 Å². The van der Waals surface area contributed by atoms with Crippen LogP contribution in [0, 0.1) is 6.92 Å². The molecule has 7 heteroatoms. The molecule has 0 spiro atoms. The maximum Gasteiger partial charge on any atom is 0.419 e. The number of benzene rings is 2. The summed E-state index contributed by atoms with van der Waals surface area (Å²) in [6, 6.07) is 14.0. The lowest BCUT2D eigenvalue weighted by Crippen LogP contribution is -2.36. The Hall–Kier alpha value is -3.32. The smallest absolute Gasteiger partial charge is 0.419 e. The number of carbonyl (C=O) groups excluding carboxylic acids is 2. The maximum absolute atomic E-state index is 12.8. The molecular weight excluding hydrogens is 360 g/mol. The number of hydrogen-bond acceptors (Lipinski definition) is 5. The van der Waals surface area contributed by atoms with Gasteiger partial charge in [-0.25, -0.2) is 9.59 Å². The van der Waals surface area contributed by atoms with Gasteiger partial charge in [0.25, 0.3) is 0 Å². The molecule has 0 saturated heterocycles. The summed E-state index contributed by atoms with van der Waals surface area (Å²) in [7, 11) is 1.57. The fraction of sp³-hybridized carbons (Fsp3) is 0.238. The molecule has 7 nitrogen and oxygen atoms in total. The number of ether oxygens (including phenoxy) is 3. The number of nitrogens with one attached hydrogen (secondary N) is 1. The molecule has 2 amide bonds. The predicted molar refractivity (Wildman–Crippen MR) is 108 cm³/mol. The van der Waals surface area contributed by atoms with Gasteiger partial charge in [-0.05, 0) is 30.7 Å². The van der Waals surface area contributed by atoms with Crippen LogP contribution in [0.25, 0.3) is 0 Å². The minimum Gasteiger partial charge on any atom is -0.445 e. The number of methoxy groups -OCH3 is 1. The van der Waals surface area contributed by atoms with Gasteiger partial charge in [-0.3, -0.25) is 10.2 Å². The van der Waals surface area contributed by atoms with Crippen LogP contribution in [-0.2, 0) is 9.47 Å². The van der Waals surface area contributed by atoms with Crippen LogP contribution >= 0.6 is 0 Å². The Balaban J connectivity index is 2.12. The second-order valence-corrected chi connectivity index (χ2v) is 5.84. The molecule has 0 unspecified atom stereocenters. The van der Waals surface area contributed by atoms with Crippen molar-refractivity contribution in [1.29, 1.82) is 0 Å². The molecule has 0 atom stereocenters. The molecule has 0 aliphatic carbocycles. The highest BCUT2D eigenvalue weighted by molar-refractivity contribution is 5.90. The van der Waals surface area contributed by atoms with E-state index in [0.29, 0.717) is 24.6 Å². The Morgan fingerprint density at radius 2 is 1.96 bits per heavy atom. The highest BCUT2D eigenvalue weighted by atomic mass is 16.6. The van der Waals surface area contributed by atoms with Crippen LogP contribution in [0.4, 0.5) is 21.0 Å². The Kier molecular flexibility index (Phi) is 8.05. The van der Waals surface area contributed by atoms with Crippen molar-refractivity contribution >= 4 is 23.6 Å². The molecular formula is C21H24N2O5. The maximum atomic E-state index is 12.8. The van der Waals surface area contributed by atoms with E-state index in [9.17, 15) is 9.59 Å². The van der Waals surface area contributed by atoms with Crippen LogP contribution in [0.5, 0.6) is 5.75 Å². The van der Waals surface area contributed by atoms with E-state index in [-0.39, 0.29) is 6.61 Å². The van der Waals surface area contributed by atoms with Gasteiger partial charge in [0, 0.05) is 18.9 Å². The summed E-state index contributed by atoms with van der Waals surface area (Å²) < 4.78 is 15.5. The second kappa shape index (κ2) is 10.7. The summed E-state index contributed by atoms with van der Waals surface area (Å²) in [6.45, 7) is 6.20. The third-order valence-electron chi connectivity index (χ3n) is 3.76. The van der Waals surface area contributed by atoms with E-state index in [0.717, 1.165) is 11.3 Å². The Morgan fingerprint density at radius 3 is 2.68 bits per heavy atom. The third-order valence-corrected chi connectivity index (χ3v) is 3.76. The van der Waals surface area contributed by atoms with Crippen molar-refractivity contribution in [2.45, 2.75) is 6.92 Å². The van der Waals surface area contributed by atoms with Crippen molar-refractivity contribution < 1.29 is 23.8 Å². The number of nitrogens with zero attached hydrogens (tertiary/aromatic N) is 1. The van der Waals surface area contributed by atoms with Gasteiger partial charge in [0.1, 0.15) is 12.4 Å². The summed E-state index contributed by atoms with van der Waals surface area (Å²) in [5.41, 5.74) is 2.13. The number of aryl methyl sites for hydroxylation is 1. The van der Waals surface area contributed by atoms with Crippen LogP contribution < -0.4 is 15.0 Å². The van der Waals surface area contributed by atoms with Crippen LogP contribution in [0.2, 0.25) is 0 Å². The Morgan fingerprint density at radius 1 is 1.18 bits per heavy atom. The van der Waals surface area contributed by atoms with Gasteiger partial charge in [-0.15, -0.1) is 0 Å². The largest absolute Gasteiger partial charge is 0.445 e. The predicted octanol–water partition coefficient (Wildman–Crippen LogP) is 4.38. The number of para-hydroxylation sites is 1. The molecule has 2 rings (SSSR count). The van der Waals surface area contributed by atoms with Gasteiger partial charge < -0.3 is 14.2 Å². The second-order valence-electron chi connectivity index (χ2n) is 5.84. The molecule has 0 fully saturated rings. The molecule has 0 aromatic heterocycles. The number of hydrogen-bond donors (Lipinski definition) is 1. The average Bonchev–Trinajstić information content (AvgIpc) is 2.68. The lowest BCUT2D eigenvalue weighted by Gasteiger charge is -2.23. The third kappa shape index (κ3) is 6.14. The molecule has 1 N–H and O–H groups in total. The van der Waals surface area contributed by atoms with Crippen molar-refractivity contribution in [2.75, 3.05) is 37.1 Å². The lowest BCUT2D eigenvalue weighted by molar-refractivity contribution is 0.174. The molecule has 0 aliphatic rings. The zero-order valence-electron chi connectivity index (χ0n) is 16.0. The van der Waals surface area contributed by atoms with Crippen LogP contribution in [0.3, 0.4) is 0 Å². The topological polar surface area (TPSA) is 77.1 Å². The van der Waals surface area contributed by atoms with Gasteiger partial charge in [-0.2, -0.15) is 0 Å². The van der Waals surface area contributed by atoms with Crippen molar-refractivity contribution in [3.63, 3.8) is 0 Å². The van der Waals surface area contributed by atoms with Crippen LogP contribution in [-0.4, -0.2) is 39.1 Å². The fourth-order valence-electron chi connectivity index (χ4n) is 2.44. The quantitative estimate of drug-likeness (QED) is 0.684. The van der Waals surface area contributed by atoms with Gasteiger partial charge in [0.15, 0.2) is 0 Å². The minimum atomic E-state index is -0.620. The lowest BCUT2D eigenvalue weighted by atomic mass is 10.2. The molecule has 0 aliphatic heterocycles. The molecule has 2 aromatic carbocycles. The summed E-state index contributed by atoms with van der Waals surface area (Å²) in [5.74, 6) is 0.294. The number of rotatable bonds is 8. The molecule has 0 heterocycles. The first kappa shape index (κ1) is 21.0. The van der Waals surface area contributed by atoms with E-state index in [1.807, 2.05) is 31.2 Å². The fourth-order valence-corrected chi connectivity index (χ4v) is 2.44. The molecule has 28 heavy (non-hydrogen) atoms. The first-order valence-corrected chi connectivity index (χ1v) is 8.73. The molecule has 0 saturated carbocycles. The number of amides is 2. The molecule has 2 aromatic rings. The zero-order chi connectivity index (χ0) is 20.4. The summed E-state index contributed by atoms with van der Waals surface area (Å²) in [5, 5.41) is 2.56. The van der Waals surface area contributed by atoms with E-state index < -0.39 is 12.2 Å². The number of anilines is 2. The summed E-state index contributed by atoms with van der Waals surface area (Å²) in [4.78, 5) is 25.9. The average molecular weight is 384 g/mol. The Labute approximate surface area is 164 Å². The van der Waals surface area contributed by atoms with E-state index in [4.69, 9.17) is 14.2 Å². The molecule has 0 bridgehead atoms. The van der Waals surface area contributed by atoms with Crippen molar-refractivity contribution in [2.24, 2.45) is 0 Å². The van der Waals surface area contributed by atoms with Crippen molar-refractivity contribution in [3.8, 4) is 5.75 Å². The first-order chi connectivity index (χ1) is 13.5. The van der Waals surface area contributed by atoms with Crippen molar-refractivity contribution in [3.05, 3.63) is 66.7 Å². The van der Waals surface area contributed by atoms with Crippen LogP contribution in [0.15, 0.2) is 61.2 Å². The van der Waals surface area contributed by atoms with Crippen molar-refractivity contribution in [1.82, 2.24) is 0 Å². The minimum absolute atomic E-state index is 0.103. The molecule has 0 radical (unpaired) electrons. The van der Waals surface area contributed by atoms with Gasteiger partial charge in [0.2, 0.25) is 0 Å². The number of carbonyl (C=O) groups is 2. The highest BCUT2D eigenvalue weighted by Gasteiger charge is 2.19. The van der Waals surface area contributed by atoms with E-state index in [2.05, 4.69) is 11.9 Å². The normalized spacial score (nSPS) is 10.1. The monoisotopic (exact) mass is 384 g/mol. The summed E-state index contributed by atoms with van der Waals surface area (Å²) >= 11 is 0. The van der Waals surface area contributed by atoms with Gasteiger partial charge in [-0.1, -0.05) is 36.9 Å². The zero-order valence-corrected chi connectivity index (χ0v) is 16.0. The van der Waals surface area contributed by atoms with Gasteiger partial charge >= 0.3 is 12.2 Å². The SMILES string of the molecule is C=CCOC(=O)Nc1cccc(OC(=O)N(CCOC)c2ccccc2C)c1. The highest BCUT2D eigenvalue weighted by Crippen LogP contribution is 2.23. The molecule has 148 valence electrons. The van der Waals surface area contributed by atoms with E-state index in [1.165, 1.54) is 11.0 Å². The van der Waals surface area contributed by atoms with Crippen LogP contribution in [0.1, 0.15) is 5.56 Å². The standard InChI is InChI=1S/C21H24N2O5/c1-4-13-27-20(24)22-17-9-7-10-18(15-17)28-21(25)23(12-14-26-3)19-11-6-5-8-16(19)2/h4-11,15H,1,12-14H2,2-3H3,(H,22,24). The first-order valence-electron chi connectivity index (χ1n) is 8.73. The summed E-state index contributed by atoms with van der Waals surface area (Å²) in [6.07, 6.45) is 0.306. The van der Waals surface area contributed by atoms with Gasteiger partial charge in [0.05, 0.1) is 18.8 Å². The van der Waals surface area contributed by atoms with E-state index in [1.54, 1.807) is 31.4 Å².